The van der Waals surface area contributed by atoms with E-state index in [9.17, 15) is 0 Å². The Hall–Kier alpha value is -8.35. The third-order valence-corrected chi connectivity index (χ3v) is 11.7. The Balaban J connectivity index is 1.31. The zero-order chi connectivity index (χ0) is 40.3. The number of hydrogen-bond acceptors (Lipinski definition) is 3. The number of rotatable bonds is 7. The average molecular weight is 781 g/mol. The standard InChI is InChI=1S/C55H36N6/c1-7-19-37(20-8-1)41-31-33-47-45(35-41)49-51(59(47)43-27-15-5-16-28-43)52-50(60(49)44-29-17-6-18-30-44)46-36-42(38-21-9-2-10-22-38)32-34-48(46)61(52)55-57-53(39-23-11-3-12-24-39)56-54(58-55)40-25-13-4-14-26-40/h1-36H. The molecule has 4 aromatic heterocycles. The van der Waals surface area contributed by atoms with Crippen LogP contribution in [0.25, 0.3) is 106 Å². The molecule has 0 aliphatic rings. The summed E-state index contributed by atoms with van der Waals surface area (Å²) in [4.78, 5) is 15.9. The van der Waals surface area contributed by atoms with Gasteiger partial charge in [0.05, 0.1) is 27.6 Å². The van der Waals surface area contributed by atoms with Crippen LogP contribution in [0.2, 0.25) is 0 Å². The molecule has 6 heteroatoms. The average Bonchev–Trinajstić information content (AvgIpc) is 3.97. The molecule has 0 spiro atoms. The maximum atomic E-state index is 5.37. The van der Waals surface area contributed by atoms with Crippen LogP contribution in [0.15, 0.2) is 218 Å². The van der Waals surface area contributed by atoms with E-state index in [0.717, 1.165) is 83.1 Å². The van der Waals surface area contributed by atoms with Gasteiger partial charge in [-0.15, -0.1) is 0 Å². The zero-order valence-electron chi connectivity index (χ0n) is 33.0. The van der Waals surface area contributed by atoms with Crippen molar-refractivity contribution in [3.63, 3.8) is 0 Å². The van der Waals surface area contributed by atoms with Crippen LogP contribution in [-0.4, -0.2) is 28.7 Å². The summed E-state index contributed by atoms with van der Waals surface area (Å²) in [6.45, 7) is 0. The highest BCUT2D eigenvalue weighted by molar-refractivity contribution is 6.26. The molecule has 4 heterocycles. The third-order valence-electron chi connectivity index (χ3n) is 11.7. The summed E-state index contributed by atoms with van der Waals surface area (Å²) >= 11 is 0. The van der Waals surface area contributed by atoms with Gasteiger partial charge < -0.3 is 9.13 Å². The summed E-state index contributed by atoms with van der Waals surface area (Å²) in [5, 5.41) is 2.23. The van der Waals surface area contributed by atoms with E-state index in [1.165, 1.54) is 5.56 Å². The first kappa shape index (κ1) is 34.7. The van der Waals surface area contributed by atoms with Crippen molar-refractivity contribution in [1.29, 1.82) is 0 Å². The predicted molar refractivity (Wildman–Crippen MR) is 250 cm³/mol. The van der Waals surface area contributed by atoms with Crippen molar-refractivity contribution in [2.75, 3.05) is 0 Å². The van der Waals surface area contributed by atoms with E-state index in [0.29, 0.717) is 17.6 Å². The lowest BCUT2D eigenvalue weighted by molar-refractivity contribution is 0.953. The van der Waals surface area contributed by atoms with Gasteiger partial charge in [-0.05, 0) is 70.8 Å². The fraction of sp³-hybridized carbons (Fsp3) is 0. The van der Waals surface area contributed by atoms with Crippen molar-refractivity contribution >= 4 is 43.9 Å². The molecule has 0 atom stereocenters. The van der Waals surface area contributed by atoms with E-state index < -0.39 is 0 Å². The molecular formula is C55H36N6. The molecule has 0 saturated heterocycles. The fourth-order valence-electron chi connectivity index (χ4n) is 8.96. The second kappa shape index (κ2) is 14.2. The van der Waals surface area contributed by atoms with Gasteiger partial charge in [-0.25, -0.2) is 4.98 Å². The van der Waals surface area contributed by atoms with Crippen molar-refractivity contribution < 1.29 is 0 Å². The van der Waals surface area contributed by atoms with Crippen LogP contribution in [0.4, 0.5) is 0 Å². The molecule has 0 amide bonds. The van der Waals surface area contributed by atoms with E-state index in [1.54, 1.807) is 0 Å². The highest BCUT2D eigenvalue weighted by Crippen LogP contribution is 2.47. The van der Waals surface area contributed by atoms with Crippen molar-refractivity contribution in [3.8, 4) is 62.4 Å². The van der Waals surface area contributed by atoms with Gasteiger partial charge in [-0.1, -0.05) is 170 Å². The van der Waals surface area contributed by atoms with Crippen molar-refractivity contribution in [1.82, 2.24) is 28.7 Å². The van der Waals surface area contributed by atoms with Crippen LogP contribution in [0.1, 0.15) is 0 Å². The van der Waals surface area contributed by atoms with E-state index >= 15 is 0 Å². The number of aromatic nitrogens is 6. The molecule has 0 radical (unpaired) electrons. The molecule has 0 bridgehead atoms. The number of benzene rings is 8. The van der Waals surface area contributed by atoms with E-state index in [2.05, 4.69) is 196 Å². The predicted octanol–water partition coefficient (Wildman–Crippen LogP) is 13.5. The molecule has 6 nitrogen and oxygen atoms in total. The Kier molecular flexibility index (Phi) is 8.06. The maximum Gasteiger partial charge on any atom is 0.238 e. The Labute approximate surface area is 351 Å². The summed E-state index contributed by atoms with van der Waals surface area (Å²) in [6.07, 6.45) is 0. The van der Waals surface area contributed by atoms with Crippen LogP contribution >= 0.6 is 0 Å². The van der Waals surface area contributed by atoms with Crippen LogP contribution in [-0.2, 0) is 0 Å². The van der Waals surface area contributed by atoms with Gasteiger partial charge in [0.25, 0.3) is 0 Å². The van der Waals surface area contributed by atoms with E-state index in [1.807, 2.05) is 36.4 Å². The van der Waals surface area contributed by atoms with Gasteiger partial charge in [0.15, 0.2) is 11.6 Å². The quantitative estimate of drug-likeness (QED) is 0.162. The summed E-state index contributed by atoms with van der Waals surface area (Å²) in [6, 6.07) is 76.7. The Morgan fingerprint density at radius 2 is 0.623 bits per heavy atom. The van der Waals surface area contributed by atoms with E-state index in [-0.39, 0.29) is 0 Å². The number of nitrogens with zero attached hydrogens (tertiary/aromatic N) is 6. The lowest BCUT2D eigenvalue weighted by atomic mass is 10.0. The van der Waals surface area contributed by atoms with Crippen LogP contribution in [0.5, 0.6) is 0 Å². The highest BCUT2D eigenvalue weighted by atomic mass is 15.2. The molecule has 8 aromatic carbocycles. The van der Waals surface area contributed by atoms with Crippen LogP contribution < -0.4 is 0 Å². The molecular weight excluding hydrogens is 745 g/mol. The van der Waals surface area contributed by atoms with Gasteiger partial charge in [0, 0.05) is 33.3 Å². The highest BCUT2D eigenvalue weighted by Gasteiger charge is 2.30. The first-order valence-corrected chi connectivity index (χ1v) is 20.5. The fourth-order valence-corrected chi connectivity index (χ4v) is 8.96. The second-order valence-electron chi connectivity index (χ2n) is 15.3. The normalized spacial score (nSPS) is 11.6. The van der Waals surface area contributed by atoms with Crippen molar-refractivity contribution in [3.05, 3.63) is 218 Å². The monoisotopic (exact) mass is 780 g/mol. The first-order valence-electron chi connectivity index (χ1n) is 20.5. The molecule has 12 aromatic rings. The maximum absolute atomic E-state index is 5.37. The second-order valence-corrected chi connectivity index (χ2v) is 15.3. The van der Waals surface area contributed by atoms with E-state index in [4.69, 9.17) is 15.0 Å². The summed E-state index contributed by atoms with van der Waals surface area (Å²) in [7, 11) is 0. The molecule has 12 rings (SSSR count). The molecule has 0 N–H and O–H groups in total. The van der Waals surface area contributed by atoms with Crippen molar-refractivity contribution in [2.45, 2.75) is 0 Å². The van der Waals surface area contributed by atoms with Gasteiger partial charge in [-0.2, -0.15) is 9.97 Å². The van der Waals surface area contributed by atoms with Gasteiger partial charge in [0.2, 0.25) is 5.95 Å². The third kappa shape index (κ3) is 5.69. The van der Waals surface area contributed by atoms with Crippen molar-refractivity contribution in [2.24, 2.45) is 0 Å². The van der Waals surface area contributed by atoms with Crippen LogP contribution in [0.3, 0.4) is 0 Å². The molecule has 0 fully saturated rings. The lowest BCUT2D eigenvalue weighted by Gasteiger charge is -2.12. The largest absolute Gasteiger partial charge is 0.306 e. The smallest absolute Gasteiger partial charge is 0.238 e. The van der Waals surface area contributed by atoms with Gasteiger partial charge in [0.1, 0.15) is 5.52 Å². The number of hydrogen-bond donors (Lipinski definition) is 0. The summed E-state index contributed by atoms with van der Waals surface area (Å²) in [5.74, 6) is 1.76. The number of fused-ring (bicyclic) bond motifs is 7. The van der Waals surface area contributed by atoms with Gasteiger partial charge >= 0.3 is 0 Å². The van der Waals surface area contributed by atoms with Crippen LogP contribution in [0, 0.1) is 0 Å². The molecule has 0 aliphatic heterocycles. The minimum absolute atomic E-state index is 0.544. The summed E-state index contributed by atoms with van der Waals surface area (Å²) in [5.41, 5.74) is 14.9. The Bertz CT molecular complexity index is 3480. The first-order chi connectivity index (χ1) is 30.3. The SMILES string of the molecule is c1ccc(-c2ccc3c(c2)c2c(c4c(c5cc(-c6ccccc6)ccc5n4-c4nc(-c5ccccc5)nc(-c5ccccc5)n4)n2-c2ccccc2)n3-c2ccccc2)cc1. The lowest BCUT2D eigenvalue weighted by Crippen LogP contribution is -2.07. The zero-order valence-corrected chi connectivity index (χ0v) is 33.0. The minimum atomic E-state index is 0.544. The minimum Gasteiger partial charge on any atom is -0.306 e. The molecule has 0 unspecified atom stereocenters. The molecule has 0 aliphatic carbocycles. The number of para-hydroxylation sites is 2. The molecule has 286 valence electrons. The molecule has 0 saturated carbocycles. The topological polar surface area (TPSA) is 53.5 Å². The Morgan fingerprint density at radius 3 is 1.07 bits per heavy atom. The van der Waals surface area contributed by atoms with Gasteiger partial charge in [-0.3, -0.25) is 4.57 Å². The summed E-state index contributed by atoms with van der Waals surface area (Å²) < 4.78 is 7.16. The Morgan fingerprint density at radius 1 is 0.262 bits per heavy atom. The molecule has 61 heavy (non-hydrogen) atoms.